The molecule has 0 spiro atoms. The Balaban J connectivity index is 2.46. The molecule has 2 unspecified atom stereocenters. The van der Waals surface area contributed by atoms with Crippen molar-refractivity contribution in [2.75, 3.05) is 5.75 Å². The van der Waals surface area contributed by atoms with Gasteiger partial charge in [0.25, 0.3) is 0 Å². The van der Waals surface area contributed by atoms with E-state index in [1.165, 1.54) is 6.33 Å². The van der Waals surface area contributed by atoms with Gasteiger partial charge < -0.3 is 5.73 Å². The first-order chi connectivity index (χ1) is 7.63. The summed E-state index contributed by atoms with van der Waals surface area (Å²) < 4.78 is 13.6. The Bertz CT molecular complexity index is 337. The maximum atomic E-state index is 11.7. The zero-order chi connectivity index (χ0) is 12.0. The van der Waals surface area contributed by atoms with Crippen LogP contribution in [0.5, 0.6) is 0 Å². The van der Waals surface area contributed by atoms with E-state index in [0.29, 0.717) is 11.5 Å². The van der Waals surface area contributed by atoms with E-state index in [9.17, 15) is 4.21 Å². The molecule has 0 saturated heterocycles. The first kappa shape index (κ1) is 13.3. The van der Waals surface area contributed by atoms with Crippen molar-refractivity contribution in [1.29, 1.82) is 0 Å². The fourth-order valence-electron chi connectivity index (χ4n) is 1.33. The van der Waals surface area contributed by atoms with Gasteiger partial charge in [-0.15, -0.1) is 0 Å². The molecule has 5 nitrogen and oxygen atoms in total. The molecule has 0 aliphatic carbocycles. The van der Waals surface area contributed by atoms with Crippen molar-refractivity contribution in [3.8, 4) is 0 Å². The highest BCUT2D eigenvalue weighted by Gasteiger charge is 2.09. The number of rotatable bonds is 7. The lowest BCUT2D eigenvalue weighted by Gasteiger charge is -2.06. The summed E-state index contributed by atoms with van der Waals surface area (Å²) in [5, 5.41) is 4.10. The van der Waals surface area contributed by atoms with Gasteiger partial charge in [0.1, 0.15) is 12.2 Å². The molecule has 0 radical (unpaired) electrons. The predicted molar refractivity (Wildman–Crippen MR) is 65.3 cm³/mol. The molecule has 0 amide bonds. The van der Waals surface area contributed by atoms with Crippen LogP contribution in [-0.2, 0) is 23.1 Å². The molecule has 0 aliphatic rings. The van der Waals surface area contributed by atoms with E-state index >= 15 is 0 Å². The van der Waals surface area contributed by atoms with Crippen LogP contribution in [0.2, 0.25) is 0 Å². The fraction of sp³-hybridized carbons (Fsp3) is 0.800. The highest BCUT2D eigenvalue weighted by Crippen LogP contribution is 2.02. The van der Waals surface area contributed by atoms with E-state index in [1.807, 2.05) is 11.6 Å². The van der Waals surface area contributed by atoms with Gasteiger partial charge in [-0.25, -0.2) is 9.67 Å². The summed E-state index contributed by atoms with van der Waals surface area (Å²) in [6.07, 6.45) is 3.31. The number of hydrogen-bond donors (Lipinski definition) is 1. The Morgan fingerprint density at radius 3 is 3.00 bits per heavy atom. The molecule has 16 heavy (non-hydrogen) atoms. The minimum atomic E-state index is -0.887. The molecule has 1 rings (SSSR count). The van der Waals surface area contributed by atoms with Gasteiger partial charge in [0.2, 0.25) is 0 Å². The zero-order valence-electron chi connectivity index (χ0n) is 9.93. The zero-order valence-corrected chi connectivity index (χ0v) is 10.7. The Morgan fingerprint density at radius 1 is 1.62 bits per heavy atom. The monoisotopic (exact) mass is 244 g/mol. The highest BCUT2D eigenvalue weighted by molar-refractivity contribution is 7.84. The number of nitrogens with zero attached hydrogens (tertiary/aromatic N) is 3. The molecule has 92 valence electrons. The number of aromatic nitrogens is 3. The maximum Gasteiger partial charge on any atom is 0.139 e. The largest absolute Gasteiger partial charge is 0.328 e. The van der Waals surface area contributed by atoms with E-state index < -0.39 is 10.8 Å². The van der Waals surface area contributed by atoms with Crippen LogP contribution in [0.1, 0.15) is 32.5 Å². The second-order valence-corrected chi connectivity index (χ2v) is 5.53. The summed E-state index contributed by atoms with van der Waals surface area (Å²) in [7, 11) is -0.887. The minimum Gasteiger partial charge on any atom is -0.328 e. The molecule has 2 N–H and O–H groups in total. The molecule has 2 atom stereocenters. The lowest BCUT2D eigenvalue weighted by Crippen LogP contribution is -2.19. The predicted octanol–water partition coefficient (Wildman–Crippen LogP) is 0.674. The highest BCUT2D eigenvalue weighted by atomic mass is 32.2. The van der Waals surface area contributed by atoms with Gasteiger partial charge in [-0.2, -0.15) is 5.10 Å². The van der Waals surface area contributed by atoms with Crippen molar-refractivity contribution in [1.82, 2.24) is 14.8 Å². The summed E-state index contributed by atoms with van der Waals surface area (Å²) in [5.41, 5.74) is 5.62. The summed E-state index contributed by atoms with van der Waals surface area (Å²) >= 11 is 0. The van der Waals surface area contributed by atoms with E-state index in [2.05, 4.69) is 17.0 Å². The van der Waals surface area contributed by atoms with Gasteiger partial charge in [0, 0.05) is 29.1 Å². The molecule has 1 heterocycles. The average Bonchev–Trinajstić information content (AvgIpc) is 2.63. The van der Waals surface area contributed by atoms with Crippen LogP contribution in [0.25, 0.3) is 0 Å². The number of aryl methyl sites for hydroxylation is 1. The van der Waals surface area contributed by atoms with Crippen LogP contribution in [-0.4, -0.2) is 30.8 Å². The Morgan fingerprint density at radius 2 is 2.38 bits per heavy atom. The summed E-state index contributed by atoms with van der Waals surface area (Å²) in [5.74, 6) is 1.92. The minimum absolute atomic E-state index is 0.109. The van der Waals surface area contributed by atoms with Crippen LogP contribution in [0.3, 0.4) is 0 Å². The molecule has 0 bridgehead atoms. The second kappa shape index (κ2) is 6.75. The summed E-state index contributed by atoms with van der Waals surface area (Å²) in [4.78, 5) is 4.13. The lowest BCUT2D eigenvalue weighted by molar-refractivity contribution is 0.579. The molecule has 6 heteroatoms. The molecule has 1 aromatic rings. The summed E-state index contributed by atoms with van der Waals surface area (Å²) in [6.45, 7) is 4.84. The second-order valence-electron chi connectivity index (χ2n) is 3.95. The van der Waals surface area contributed by atoms with E-state index in [4.69, 9.17) is 5.73 Å². The Labute approximate surface area is 98.9 Å². The van der Waals surface area contributed by atoms with Gasteiger partial charge in [0.15, 0.2) is 0 Å². The standard InChI is InChI=1S/C10H20N4OS/c1-3-5-14-10(12-8-13-14)7-16(15)6-4-9(2)11/h8-9H,3-7,11H2,1-2H3. The molecule has 1 aromatic heterocycles. The third-order valence-corrected chi connectivity index (χ3v) is 3.49. The van der Waals surface area contributed by atoms with Crippen LogP contribution in [0.4, 0.5) is 0 Å². The first-order valence-electron chi connectivity index (χ1n) is 5.60. The van der Waals surface area contributed by atoms with Crippen molar-refractivity contribution in [2.45, 2.75) is 45.0 Å². The van der Waals surface area contributed by atoms with Crippen molar-refractivity contribution < 1.29 is 4.21 Å². The topological polar surface area (TPSA) is 73.8 Å². The Hall–Kier alpha value is -0.750. The van der Waals surface area contributed by atoms with Crippen LogP contribution in [0.15, 0.2) is 6.33 Å². The number of hydrogen-bond acceptors (Lipinski definition) is 4. The van der Waals surface area contributed by atoms with Gasteiger partial charge in [-0.1, -0.05) is 6.92 Å². The third kappa shape index (κ3) is 4.40. The van der Waals surface area contributed by atoms with Crippen LogP contribution >= 0.6 is 0 Å². The van der Waals surface area contributed by atoms with E-state index in [-0.39, 0.29) is 6.04 Å². The van der Waals surface area contributed by atoms with E-state index in [1.54, 1.807) is 0 Å². The van der Waals surface area contributed by atoms with Crippen LogP contribution in [0, 0.1) is 0 Å². The van der Waals surface area contributed by atoms with Crippen molar-refractivity contribution in [2.24, 2.45) is 5.73 Å². The molecule has 0 aliphatic heterocycles. The normalized spacial score (nSPS) is 14.9. The average molecular weight is 244 g/mol. The smallest absolute Gasteiger partial charge is 0.139 e. The molecule has 0 fully saturated rings. The van der Waals surface area contributed by atoms with Gasteiger partial charge in [-0.3, -0.25) is 4.21 Å². The van der Waals surface area contributed by atoms with Gasteiger partial charge in [-0.05, 0) is 19.8 Å². The van der Waals surface area contributed by atoms with Gasteiger partial charge >= 0.3 is 0 Å². The SMILES string of the molecule is CCCn1ncnc1CS(=O)CCC(C)N. The van der Waals surface area contributed by atoms with E-state index in [0.717, 1.165) is 25.2 Å². The molecule has 0 aromatic carbocycles. The fourth-order valence-corrected chi connectivity index (χ4v) is 2.62. The van der Waals surface area contributed by atoms with Gasteiger partial charge in [0.05, 0.1) is 5.75 Å². The Kier molecular flexibility index (Phi) is 5.62. The molecule has 0 saturated carbocycles. The first-order valence-corrected chi connectivity index (χ1v) is 7.09. The quantitative estimate of drug-likeness (QED) is 0.765. The van der Waals surface area contributed by atoms with Crippen molar-refractivity contribution in [3.63, 3.8) is 0 Å². The van der Waals surface area contributed by atoms with Crippen LogP contribution < -0.4 is 5.73 Å². The van der Waals surface area contributed by atoms with Crippen molar-refractivity contribution in [3.05, 3.63) is 12.2 Å². The molecular weight excluding hydrogens is 224 g/mol. The third-order valence-electron chi connectivity index (χ3n) is 2.22. The van der Waals surface area contributed by atoms with Crippen molar-refractivity contribution >= 4 is 10.8 Å². The number of nitrogens with two attached hydrogens (primary N) is 1. The lowest BCUT2D eigenvalue weighted by atomic mass is 10.3. The molecular formula is C10H20N4OS. The maximum absolute atomic E-state index is 11.7. The summed E-state index contributed by atoms with van der Waals surface area (Å²) in [6, 6.07) is 0.109.